The van der Waals surface area contributed by atoms with Crippen LogP contribution >= 0.6 is 11.6 Å². The van der Waals surface area contributed by atoms with Gasteiger partial charge in [-0.05, 0) is 61.6 Å². The predicted octanol–water partition coefficient (Wildman–Crippen LogP) is 4.86. The van der Waals surface area contributed by atoms with Crippen molar-refractivity contribution in [2.75, 3.05) is 7.05 Å². The molecule has 4 rings (SSSR count). The highest BCUT2D eigenvalue weighted by Gasteiger charge is 2.27. The lowest BCUT2D eigenvalue weighted by atomic mass is 9.86. The van der Waals surface area contributed by atoms with Crippen molar-refractivity contribution in [2.24, 2.45) is 5.92 Å². The molecule has 2 heterocycles. The highest BCUT2D eigenvalue weighted by Crippen LogP contribution is 2.35. The monoisotopic (exact) mass is 413 g/mol. The lowest BCUT2D eigenvalue weighted by Crippen LogP contribution is -2.27. The van der Waals surface area contributed by atoms with E-state index >= 15 is 0 Å². The van der Waals surface area contributed by atoms with Gasteiger partial charge in [-0.1, -0.05) is 36.7 Å². The Morgan fingerprint density at radius 1 is 1.34 bits per heavy atom. The van der Waals surface area contributed by atoms with Crippen molar-refractivity contribution in [3.8, 4) is 5.88 Å². The first-order valence-corrected chi connectivity index (χ1v) is 10.6. The first-order valence-electron chi connectivity index (χ1n) is 10.3. The van der Waals surface area contributed by atoms with Crippen LogP contribution in [-0.2, 0) is 24.4 Å². The van der Waals surface area contributed by atoms with Crippen molar-refractivity contribution < 1.29 is 9.47 Å². The Balaban J connectivity index is 1.47. The number of hydrogen-bond donors (Lipinski definition) is 1. The zero-order valence-corrected chi connectivity index (χ0v) is 17.8. The van der Waals surface area contributed by atoms with E-state index < -0.39 is 0 Å². The minimum atomic E-state index is 0.0968. The first kappa shape index (κ1) is 20.0. The van der Waals surface area contributed by atoms with E-state index in [4.69, 9.17) is 26.2 Å². The van der Waals surface area contributed by atoms with Gasteiger partial charge in [-0.25, -0.2) is 4.68 Å². The van der Waals surface area contributed by atoms with Crippen LogP contribution < -0.4 is 10.1 Å². The molecule has 0 spiro atoms. The van der Waals surface area contributed by atoms with Crippen molar-refractivity contribution >= 4 is 11.6 Å². The zero-order chi connectivity index (χ0) is 20.2. The maximum atomic E-state index is 6.31. The van der Waals surface area contributed by atoms with E-state index in [0.717, 1.165) is 42.2 Å². The maximum Gasteiger partial charge on any atom is 0.212 e. The molecule has 0 amide bonds. The molecule has 1 aliphatic carbocycles. The Hall–Kier alpha value is -2.24. The number of halogens is 1. The molecule has 2 aliphatic rings. The Bertz CT molecular complexity index is 919. The van der Waals surface area contributed by atoms with Crippen LogP contribution in [0.15, 0.2) is 53.8 Å². The van der Waals surface area contributed by atoms with Crippen LogP contribution in [0.2, 0.25) is 5.02 Å². The van der Waals surface area contributed by atoms with Crippen LogP contribution in [0.4, 0.5) is 0 Å². The Labute approximate surface area is 177 Å². The van der Waals surface area contributed by atoms with Gasteiger partial charge >= 0.3 is 0 Å². The highest BCUT2D eigenvalue weighted by molar-refractivity contribution is 6.30. The summed E-state index contributed by atoms with van der Waals surface area (Å²) in [5.41, 5.74) is 3.44. The van der Waals surface area contributed by atoms with Crippen molar-refractivity contribution in [2.45, 2.75) is 52.0 Å². The number of rotatable bonds is 7. The second-order valence-electron chi connectivity index (χ2n) is 7.81. The van der Waals surface area contributed by atoms with Gasteiger partial charge in [-0.3, -0.25) is 0 Å². The molecule has 0 bridgehead atoms. The molecular formula is C23H28ClN3O2. The topological polar surface area (TPSA) is 48.3 Å². The van der Waals surface area contributed by atoms with Crippen LogP contribution in [0.5, 0.6) is 5.88 Å². The number of allylic oxidation sites excluding steroid dienone is 3. The molecule has 0 fully saturated rings. The van der Waals surface area contributed by atoms with Gasteiger partial charge in [0.25, 0.3) is 0 Å². The summed E-state index contributed by atoms with van der Waals surface area (Å²) in [5, 5.41) is 8.60. The fraction of sp³-hybridized carbons (Fsp3) is 0.435. The average Bonchev–Trinajstić information content (AvgIpc) is 3.08. The molecule has 2 aromatic rings. The van der Waals surface area contributed by atoms with Gasteiger partial charge in [0.15, 0.2) is 0 Å². The summed E-state index contributed by atoms with van der Waals surface area (Å²) in [7, 11) is 1.92. The molecule has 29 heavy (non-hydrogen) atoms. The van der Waals surface area contributed by atoms with E-state index in [2.05, 4.69) is 24.4 Å². The standard InChI is InChI=1S/C23H28ClN3O2/c1-16-5-3-8-22-21(16)10-9-20(29-22)14-27-23(12-19(26-27)13-25-2)28-15-17-6-4-7-18(24)11-17/h3-4,6-8,11-12,16,20,25H,5,9-10,13-15H2,1-2H3. The van der Waals surface area contributed by atoms with Gasteiger partial charge in [0.2, 0.25) is 5.88 Å². The van der Waals surface area contributed by atoms with E-state index in [-0.39, 0.29) is 6.10 Å². The summed E-state index contributed by atoms with van der Waals surface area (Å²) in [6, 6.07) is 9.73. The van der Waals surface area contributed by atoms with Gasteiger partial charge in [-0.15, -0.1) is 0 Å². The second kappa shape index (κ2) is 9.06. The number of hydrogen-bond acceptors (Lipinski definition) is 4. The summed E-state index contributed by atoms with van der Waals surface area (Å²) >= 11 is 6.09. The Morgan fingerprint density at radius 2 is 2.24 bits per heavy atom. The zero-order valence-electron chi connectivity index (χ0n) is 17.0. The van der Waals surface area contributed by atoms with Crippen LogP contribution in [0.3, 0.4) is 0 Å². The average molecular weight is 414 g/mol. The molecule has 1 aromatic heterocycles. The normalized spacial score (nSPS) is 21.1. The first-order chi connectivity index (χ1) is 14.1. The van der Waals surface area contributed by atoms with E-state index in [1.807, 2.05) is 42.1 Å². The van der Waals surface area contributed by atoms with Crippen molar-refractivity contribution in [1.82, 2.24) is 15.1 Å². The minimum absolute atomic E-state index is 0.0968. The molecule has 1 N–H and O–H groups in total. The molecular weight excluding hydrogens is 386 g/mol. The number of aromatic nitrogens is 2. The fourth-order valence-electron chi connectivity index (χ4n) is 3.98. The minimum Gasteiger partial charge on any atom is -0.489 e. The summed E-state index contributed by atoms with van der Waals surface area (Å²) in [6.07, 6.45) is 7.65. The maximum absolute atomic E-state index is 6.31. The van der Waals surface area contributed by atoms with Crippen molar-refractivity contribution in [1.29, 1.82) is 0 Å². The van der Waals surface area contributed by atoms with E-state index in [9.17, 15) is 0 Å². The Morgan fingerprint density at radius 3 is 3.07 bits per heavy atom. The molecule has 2 atom stereocenters. The summed E-state index contributed by atoms with van der Waals surface area (Å²) < 4.78 is 14.3. The van der Waals surface area contributed by atoms with Crippen LogP contribution in [0.25, 0.3) is 0 Å². The third-order valence-electron chi connectivity index (χ3n) is 5.50. The third kappa shape index (κ3) is 4.85. The van der Waals surface area contributed by atoms with Gasteiger partial charge in [0.1, 0.15) is 18.5 Å². The fourth-order valence-corrected chi connectivity index (χ4v) is 4.19. The summed E-state index contributed by atoms with van der Waals surface area (Å²) in [5.74, 6) is 2.40. The molecule has 1 aliphatic heterocycles. The molecule has 1 aromatic carbocycles. The van der Waals surface area contributed by atoms with Crippen molar-refractivity contribution in [3.63, 3.8) is 0 Å². The van der Waals surface area contributed by atoms with Crippen LogP contribution in [-0.4, -0.2) is 22.9 Å². The molecule has 0 radical (unpaired) electrons. The SMILES string of the molecule is CNCc1cc(OCc2cccc(Cl)c2)n(CC2CCC3=C(C=CCC3C)O2)n1. The van der Waals surface area contributed by atoms with Gasteiger partial charge in [0, 0.05) is 17.6 Å². The van der Waals surface area contributed by atoms with E-state index in [1.54, 1.807) is 0 Å². The number of nitrogens with zero attached hydrogens (tertiary/aromatic N) is 2. The van der Waals surface area contributed by atoms with Crippen LogP contribution in [0, 0.1) is 5.92 Å². The number of nitrogens with one attached hydrogen (secondary N) is 1. The highest BCUT2D eigenvalue weighted by atomic mass is 35.5. The van der Waals surface area contributed by atoms with E-state index in [1.165, 1.54) is 5.57 Å². The molecule has 5 nitrogen and oxygen atoms in total. The lowest BCUT2D eigenvalue weighted by molar-refractivity contribution is 0.0735. The lowest BCUT2D eigenvalue weighted by Gasteiger charge is -2.31. The molecule has 6 heteroatoms. The number of benzene rings is 1. The van der Waals surface area contributed by atoms with Gasteiger partial charge < -0.3 is 14.8 Å². The van der Waals surface area contributed by atoms with Gasteiger partial charge in [-0.2, -0.15) is 5.10 Å². The molecule has 2 unspecified atom stereocenters. The van der Waals surface area contributed by atoms with Crippen molar-refractivity contribution in [3.05, 3.63) is 70.1 Å². The predicted molar refractivity (Wildman–Crippen MR) is 115 cm³/mol. The second-order valence-corrected chi connectivity index (χ2v) is 8.25. The number of ether oxygens (including phenoxy) is 2. The van der Waals surface area contributed by atoms with Gasteiger partial charge in [0.05, 0.1) is 12.2 Å². The van der Waals surface area contributed by atoms with E-state index in [0.29, 0.717) is 30.6 Å². The summed E-state index contributed by atoms with van der Waals surface area (Å²) in [4.78, 5) is 0. The van der Waals surface area contributed by atoms with Crippen LogP contribution in [0.1, 0.15) is 37.4 Å². The Kier molecular flexibility index (Phi) is 6.26. The smallest absolute Gasteiger partial charge is 0.212 e. The summed E-state index contributed by atoms with van der Waals surface area (Å²) in [6.45, 7) is 4.10. The molecule has 0 saturated carbocycles. The molecule has 0 saturated heterocycles. The molecule has 154 valence electrons. The quantitative estimate of drug-likeness (QED) is 0.703. The third-order valence-corrected chi connectivity index (χ3v) is 5.74. The largest absolute Gasteiger partial charge is 0.489 e.